The molecule has 1 aromatic rings. The predicted octanol–water partition coefficient (Wildman–Crippen LogP) is 2.19. The highest BCUT2D eigenvalue weighted by Crippen LogP contribution is 2.20. The number of carboxylic acids is 1. The van der Waals surface area contributed by atoms with Gasteiger partial charge in [0, 0.05) is 6.08 Å². The number of aryl methyl sites for hydroxylation is 1. The first kappa shape index (κ1) is 11.3. The van der Waals surface area contributed by atoms with Gasteiger partial charge in [-0.1, -0.05) is 23.8 Å². The van der Waals surface area contributed by atoms with Crippen LogP contribution >= 0.6 is 0 Å². The van der Waals surface area contributed by atoms with Gasteiger partial charge in [-0.25, -0.2) is 4.79 Å². The van der Waals surface area contributed by atoms with E-state index in [0.717, 1.165) is 23.0 Å². The highest BCUT2D eigenvalue weighted by molar-refractivity contribution is 5.79. The van der Waals surface area contributed by atoms with Gasteiger partial charge in [0.25, 0.3) is 0 Å². The quantitative estimate of drug-likeness (QED) is 0.768. The van der Waals surface area contributed by atoms with Crippen molar-refractivity contribution in [2.75, 3.05) is 7.11 Å². The number of ether oxygens (including phenoxy) is 1. The third-order valence-corrected chi connectivity index (χ3v) is 2.03. The van der Waals surface area contributed by atoms with Crippen molar-refractivity contribution >= 4 is 5.97 Å². The van der Waals surface area contributed by atoms with Crippen molar-refractivity contribution in [3.05, 3.63) is 41.5 Å². The molecule has 0 spiro atoms. The topological polar surface area (TPSA) is 46.5 Å². The molecule has 0 aromatic heterocycles. The summed E-state index contributed by atoms with van der Waals surface area (Å²) in [5, 5.41) is 8.45. The first-order valence-corrected chi connectivity index (χ1v) is 4.66. The van der Waals surface area contributed by atoms with Crippen molar-refractivity contribution in [3.8, 4) is 5.75 Å². The minimum absolute atomic E-state index is 0.567. The van der Waals surface area contributed by atoms with Crippen LogP contribution in [0.5, 0.6) is 5.75 Å². The molecule has 1 rings (SSSR count). The lowest BCUT2D eigenvalue weighted by Gasteiger charge is -2.06. The molecule has 0 aliphatic rings. The monoisotopic (exact) mass is 206 g/mol. The van der Waals surface area contributed by atoms with Crippen LogP contribution in [0, 0.1) is 6.92 Å². The number of rotatable bonds is 4. The molecule has 1 aromatic carbocycles. The minimum Gasteiger partial charge on any atom is -0.496 e. The van der Waals surface area contributed by atoms with Crippen LogP contribution in [-0.4, -0.2) is 18.2 Å². The normalized spacial score (nSPS) is 10.5. The summed E-state index contributed by atoms with van der Waals surface area (Å²) >= 11 is 0. The van der Waals surface area contributed by atoms with Crippen LogP contribution in [0.15, 0.2) is 30.4 Å². The van der Waals surface area contributed by atoms with Crippen LogP contribution in [0.25, 0.3) is 0 Å². The molecular weight excluding hydrogens is 192 g/mol. The molecule has 1 N–H and O–H groups in total. The number of benzene rings is 1. The zero-order valence-corrected chi connectivity index (χ0v) is 8.86. The van der Waals surface area contributed by atoms with Gasteiger partial charge in [0.05, 0.1) is 7.11 Å². The second-order valence-electron chi connectivity index (χ2n) is 3.26. The van der Waals surface area contributed by atoms with Crippen molar-refractivity contribution in [2.24, 2.45) is 0 Å². The zero-order valence-electron chi connectivity index (χ0n) is 8.86. The fraction of sp³-hybridized carbons (Fsp3) is 0.250. The van der Waals surface area contributed by atoms with Crippen LogP contribution in [0.4, 0.5) is 0 Å². The van der Waals surface area contributed by atoms with Gasteiger partial charge in [-0.15, -0.1) is 0 Å². The summed E-state index contributed by atoms with van der Waals surface area (Å²) in [5.74, 6) is -0.141. The molecular formula is C12H14O3. The van der Waals surface area contributed by atoms with E-state index in [-0.39, 0.29) is 0 Å². The Morgan fingerprint density at radius 3 is 2.87 bits per heavy atom. The molecule has 0 aliphatic heterocycles. The Morgan fingerprint density at radius 2 is 2.27 bits per heavy atom. The van der Waals surface area contributed by atoms with Crippen molar-refractivity contribution in [2.45, 2.75) is 13.3 Å². The average Bonchev–Trinajstić information content (AvgIpc) is 2.17. The molecule has 3 nitrogen and oxygen atoms in total. The molecule has 0 bridgehead atoms. The van der Waals surface area contributed by atoms with E-state index in [1.807, 2.05) is 25.1 Å². The van der Waals surface area contributed by atoms with E-state index in [1.54, 1.807) is 13.2 Å². The van der Waals surface area contributed by atoms with E-state index in [0.29, 0.717) is 6.42 Å². The standard InChI is InChI=1S/C12H14O3/c1-9-6-7-11(15-2)10(8-9)4-3-5-12(13)14/h3,5-8H,4H2,1-2H3,(H,13,14). The molecule has 0 saturated carbocycles. The summed E-state index contributed by atoms with van der Waals surface area (Å²) in [6.45, 7) is 1.99. The second-order valence-corrected chi connectivity index (χ2v) is 3.26. The Bertz CT molecular complexity index is 380. The fourth-order valence-corrected chi connectivity index (χ4v) is 1.35. The smallest absolute Gasteiger partial charge is 0.327 e. The highest BCUT2D eigenvalue weighted by atomic mass is 16.5. The number of aliphatic carboxylic acids is 1. The molecule has 0 fully saturated rings. The average molecular weight is 206 g/mol. The third kappa shape index (κ3) is 3.46. The van der Waals surface area contributed by atoms with E-state index in [9.17, 15) is 4.79 Å². The molecule has 0 aliphatic carbocycles. The summed E-state index contributed by atoms with van der Waals surface area (Å²) in [5.41, 5.74) is 2.13. The maximum atomic E-state index is 10.3. The van der Waals surface area contributed by atoms with Gasteiger partial charge in [-0.3, -0.25) is 0 Å². The maximum Gasteiger partial charge on any atom is 0.327 e. The Labute approximate surface area is 89.0 Å². The van der Waals surface area contributed by atoms with Crippen molar-refractivity contribution < 1.29 is 14.6 Å². The van der Waals surface area contributed by atoms with Crippen LogP contribution < -0.4 is 4.74 Å². The second kappa shape index (κ2) is 5.20. The van der Waals surface area contributed by atoms with E-state index in [4.69, 9.17) is 9.84 Å². The highest BCUT2D eigenvalue weighted by Gasteiger charge is 2.00. The van der Waals surface area contributed by atoms with Gasteiger partial charge in [0.1, 0.15) is 5.75 Å². The van der Waals surface area contributed by atoms with E-state index >= 15 is 0 Å². The molecule has 15 heavy (non-hydrogen) atoms. The molecule has 0 radical (unpaired) electrons. The number of carboxylic acid groups (broad SMARTS) is 1. The first-order valence-electron chi connectivity index (χ1n) is 4.66. The molecule has 0 unspecified atom stereocenters. The molecule has 0 atom stereocenters. The van der Waals surface area contributed by atoms with Crippen LogP contribution in [0.2, 0.25) is 0 Å². The summed E-state index contributed by atoms with van der Waals surface area (Å²) in [4.78, 5) is 10.3. The van der Waals surface area contributed by atoms with Crippen LogP contribution in [0.1, 0.15) is 11.1 Å². The number of methoxy groups -OCH3 is 1. The van der Waals surface area contributed by atoms with Gasteiger partial charge < -0.3 is 9.84 Å². The van der Waals surface area contributed by atoms with Crippen molar-refractivity contribution in [1.82, 2.24) is 0 Å². The summed E-state index contributed by atoms with van der Waals surface area (Å²) in [6, 6.07) is 5.84. The lowest BCUT2D eigenvalue weighted by Crippen LogP contribution is -1.92. The van der Waals surface area contributed by atoms with Gasteiger partial charge >= 0.3 is 5.97 Å². The van der Waals surface area contributed by atoms with Gasteiger partial charge in [-0.05, 0) is 25.0 Å². The minimum atomic E-state index is -0.929. The van der Waals surface area contributed by atoms with Crippen LogP contribution in [0.3, 0.4) is 0 Å². The Balaban J connectivity index is 2.82. The van der Waals surface area contributed by atoms with Crippen molar-refractivity contribution in [1.29, 1.82) is 0 Å². The largest absolute Gasteiger partial charge is 0.496 e. The third-order valence-electron chi connectivity index (χ3n) is 2.03. The Kier molecular flexibility index (Phi) is 3.92. The number of hydrogen-bond acceptors (Lipinski definition) is 2. The molecule has 0 heterocycles. The molecule has 3 heteroatoms. The predicted molar refractivity (Wildman–Crippen MR) is 58.2 cm³/mol. The number of allylic oxidation sites excluding steroid dienone is 1. The SMILES string of the molecule is COc1ccc(C)cc1CC=CC(=O)O. The lowest BCUT2D eigenvalue weighted by atomic mass is 10.1. The molecule has 80 valence electrons. The first-order chi connectivity index (χ1) is 7.13. The Hall–Kier alpha value is -1.77. The Morgan fingerprint density at radius 1 is 1.53 bits per heavy atom. The number of carbonyl (C=O) groups is 1. The van der Waals surface area contributed by atoms with Crippen molar-refractivity contribution in [3.63, 3.8) is 0 Å². The molecule has 0 amide bonds. The van der Waals surface area contributed by atoms with Gasteiger partial charge in [0.15, 0.2) is 0 Å². The van der Waals surface area contributed by atoms with E-state index in [2.05, 4.69) is 0 Å². The fourth-order valence-electron chi connectivity index (χ4n) is 1.35. The van der Waals surface area contributed by atoms with Gasteiger partial charge in [0.2, 0.25) is 0 Å². The van der Waals surface area contributed by atoms with Gasteiger partial charge in [-0.2, -0.15) is 0 Å². The summed E-state index contributed by atoms with van der Waals surface area (Å²) in [6.07, 6.45) is 3.32. The summed E-state index contributed by atoms with van der Waals surface area (Å²) < 4.78 is 5.18. The lowest BCUT2D eigenvalue weighted by molar-refractivity contribution is -0.131. The van der Waals surface area contributed by atoms with E-state index in [1.165, 1.54) is 0 Å². The van der Waals surface area contributed by atoms with E-state index < -0.39 is 5.97 Å². The number of hydrogen-bond donors (Lipinski definition) is 1. The zero-order chi connectivity index (χ0) is 11.3. The van der Waals surface area contributed by atoms with Crippen LogP contribution in [-0.2, 0) is 11.2 Å². The molecule has 0 saturated heterocycles. The summed E-state index contributed by atoms with van der Waals surface area (Å²) in [7, 11) is 1.61. The maximum absolute atomic E-state index is 10.3.